The quantitative estimate of drug-likeness (QED) is 0.795. The molecule has 0 aliphatic rings. The molecule has 0 bridgehead atoms. The molecule has 0 atom stereocenters. The zero-order valence-electron chi connectivity index (χ0n) is 11.5. The molecular weight excluding hydrogens is 310 g/mol. The van der Waals surface area contributed by atoms with Gasteiger partial charge in [-0.3, -0.25) is 4.79 Å². The number of hydrogen-bond acceptors (Lipinski definition) is 5. The van der Waals surface area contributed by atoms with Crippen LogP contribution in [0.3, 0.4) is 0 Å². The molecule has 1 amide bonds. The van der Waals surface area contributed by atoms with E-state index in [1.54, 1.807) is 13.2 Å². The zero-order chi connectivity index (χ0) is 14.3. The van der Waals surface area contributed by atoms with Crippen LogP contribution in [0.25, 0.3) is 0 Å². The van der Waals surface area contributed by atoms with Crippen molar-refractivity contribution in [3.63, 3.8) is 0 Å². The standard InChI is InChI=1S/C12H20BrN5O/c1-4-6-18(8-10(19)14-3)11-9(13)7-16-12(17-11)15-5-2/h7H,4-6,8H2,1-3H3,(H,14,19)(H,15,16,17). The molecule has 1 aromatic rings. The van der Waals surface area contributed by atoms with Gasteiger partial charge in [-0.25, -0.2) is 4.98 Å². The highest BCUT2D eigenvalue weighted by atomic mass is 79.9. The third-order valence-electron chi connectivity index (χ3n) is 2.47. The van der Waals surface area contributed by atoms with Crippen molar-refractivity contribution in [1.82, 2.24) is 15.3 Å². The summed E-state index contributed by atoms with van der Waals surface area (Å²) in [5.41, 5.74) is 0. The van der Waals surface area contributed by atoms with Crippen molar-refractivity contribution < 1.29 is 4.79 Å². The summed E-state index contributed by atoms with van der Waals surface area (Å²) in [6.45, 7) is 5.85. The molecule has 0 spiro atoms. The monoisotopic (exact) mass is 329 g/mol. The molecule has 1 rings (SSSR count). The summed E-state index contributed by atoms with van der Waals surface area (Å²) in [6.07, 6.45) is 2.64. The van der Waals surface area contributed by atoms with Gasteiger partial charge >= 0.3 is 0 Å². The Bertz CT molecular complexity index is 427. The Labute approximate surface area is 122 Å². The first-order valence-electron chi connectivity index (χ1n) is 6.34. The summed E-state index contributed by atoms with van der Waals surface area (Å²) < 4.78 is 0.784. The molecule has 0 saturated carbocycles. The van der Waals surface area contributed by atoms with Crippen LogP contribution in [0.1, 0.15) is 20.3 Å². The first kappa shape index (κ1) is 15.7. The number of halogens is 1. The third-order valence-corrected chi connectivity index (χ3v) is 3.03. The fourth-order valence-corrected chi connectivity index (χ4v) is 2.05. The van der Waals surface area contributed by atoms with Crippen LogP contribution in [-0.4, -0.2) is 42.6 Å². The molecule has 0 aromatic carbocycles. The molecule has 2 N–H and O–H groups in total. The second-order valence-electron chi connectivity index (χ2n) is 3.99. The summed E-state index contributed by atoms with van der Waals surface area (Å²) in [5.74, 6) is 1.26. The molecule has 0 aliphatic carbocycles. The van der Waals surface area contributed by atoms with E-state index in [1.165, 1.54) is 0 Å². The Kier molecular flexibility index (Phi) is 6.55. The summed E-state index contributed by atoms with van der Waals surface area (Å²) in [4.78, 5) is 22.1. The maximum Gasteiger partial charge on any atom is 0.239 e. The number of likely N-dealkylation sites (N-methyl/N-ethyl adjacent to an activating group) is 1. The van der Waals surface area contributed by atoms with Crippen LogP contribution in [0.2, 0.25) is 0 Å². The van der Waals surface area contributed by atoms with Crippen molar-refractivity contribution >= 4 is 33.6 Å². The lowest BCUT2D eigenvalue weighted by molar-refractivity contribution is -0.119. The summed E-state index contributed by atoms with van der Waals surface area (Å²) in [5, 5.41) is 5.70. The van der Waals surface area contributed by atoms with Gasteiger partial charge in [0, 0.05) is 26.3 Å². The predicted octanol–water partition coefficient (Wildman–Crippen LogP) is 1.63. The van der Waals surface area contributed by atoms with Crippen LogP contribution in [0, 0.1) is 0 Å². The number of carbonyl (C=O) groups excluding carboxylic acids is 1. The van der Waals surface area contributed by atoms with Crippen LogP contribution in [0.15, 0.2) is 10.7 Å². The summed E-state index contributed by atoms with van der Waals surface area (Å²) in [7, 11) is 1.63. The molecule has 0 unspecified atom stereocenters. The van der Waals surface area contributed by atoms with Crippen molar-refractivity contribution in [2.75, 3.05) is 36.9 Å². The highest BCUT2D eigenvalue weighted by Gasteiger charge is 2.15. The Balaban J connectivity index is 2.99. The van der Waals surface area contributed by atoms with Crippen molar-refractivity contribution in [2.24, 2.45) is 0 Å². The lowest BCUT2D eigenvalue weighted by Gasteiger charge is -2.23. The van der Waals surface area contributed by atoms with E-state index >= 15 is 0 Å². The third kappa shape index (κ3) is 4.66. The molecule has 7 heteroatoms. The molecule has 0 radical (unpaired) electrons. The van der Waals surface area contributed by atoms with E-state index in [1.807, 2.05) is 11.8 Å². The van der Waals surface area contributed by atoms with Gasteiger partial charge in [0.15, 0.2) is 0 Å². The van der Waals surface area contributed by atoms with E-state index in [-0.39, 0.29) is 12.5 Å². The minimum Gasteiger partial charge on any atom is -0.358 e. The van der Waals surface area contributed by atoms with Crippen molar-refractivity contribution in [2.45, 2.75) is 20.3 Å². The average molecular weight is 330 g/mol. The zero-order valence-corrected chi connectivity index (χ0v) is 13.1. The molecule has 0 fully saturated rings. The van der Waals surface area contributed by atoms with Crippen LogP contribution >= 0.6 is 15.9 Å². The highest BCUT2D eigenvalue weighted by Crippen LogP contribution is 2.24. The number of carbonyl (C=O) groups is 1. The fraction of sp³-hybridized carbons (Fsp3) is 0.583. The molecular formula is C12H20BrN5O. The van der Waals surface area contributed by atoms with Gasteiger partial charge in [0.2, 0.25) is 11.9 Å². The van der Waals surface area contributed by atoms with E-state index in [2.05, 4.69) is 43.5 Å². The summed E-state index contributed by atoms with van der Waals surface area (Å²) >= 11 is 3.44. The normalized spacial score (nSPS) is 10.1. The average Bonchev–Trinajstić information content (AvgIpc) is 2.40. The highest BCUT2D eigenvalue weighted by molar-refractivity contribution is 9.10. The van der Waals surface area contributed by atoms with Crippen LogP contribution in [0.5, 0.6) is 0 Å². The minimum absolute atomic E-state index is 0.0380. The Morgan fingerprint density at radius 1 is 1.47 bits per heavy atom. The second kappa shape index (κ2) is 7.93. The fourth-order valence-electron chi connectivity index (χ4n) is 1.61. The molecule has 1 aromatic heterocycles. The van der Waals surface area contributed by atoms with Gasteiger partial charge in [-0.05, 0) is 29.3 Å². The minimum atomic E-state index is -0.0380. The maximum atomic E-state index is 11.6. The van der Waals surface area contributed by atoms with E-state index < -0.39 is 0 Å². The molecule has 1 heterocycles. The first-order chi connectivity index (χ1) is 9.12. The largest absolute Gasteiger partial charge is 0.358 e. The second-order valence-corrected chi connectivity index (χ2v) is 4.84. The van der Waals surface area contributed by atoms with Gasteiger partial charge in [0.25, 0.3) is 0 Å². The number of rotatable bonds is 7. The SMILES string of the molecule is CCCN(CC(=O)NC)c1nc(NCC)ncc1Br. The van der Waals surface area contributed by atoms with E-state index in [4.69, 9.17) is 0 Å². The molecule has 0 aliphatic heterocycles. The van der Waals surface area contributed by atoms with Crippen molar-refractivity contribution in [1.29, 1.82) is 0 Å². The lowest BCUT2D eigenvalue weighted by atomic mass is 10.3. The van der Waals surface area contributed by atoms with Crippen LogP contribution < -0.4 is 15.5 Å². The van der Waals surface area contributed by atoms with Crippen LogP contribution in [0.4, 0.5) is 11.8 Å². The number of anilines is 2. The first-order valence-corrected chi connectivity index (χ1v) is 7.13. The van der Waals surface area contributed by atoms with Gasteiger partial charge < -0.3 is 15.5 Å². The number of amides is 1. The smallest absolute Gasteiger partial charge is 0.239 e. The van der Waals surface area contributed by atoms with Gasteiger partial charge in [-0.2, -0.15) is 4.98 Å². The van der Waals surface area contributed by atoms with Gasteiger partial charge in [-0.15, -0.1) is 0 Å². The number of nitrogens with one attached hydrogen (secondary N) is 2. The number of aromatic nitrogens is 2. The van der Waals surface area contributed by atoms with E-state index in [0.29, 0.717) is 5.95 Å². The van der Waals surface area contributed by atoms with Gasteiger partial charge in [0.1, 0.15) is 5.82 Å². The van der Waals surface area contributed by atoms with Crippen molar-refractivity contribution in [3.8, 4) is 0 Å². The van der Waals surface area contributed by atoms with Crippen molar-refractivity contribution in [3.05, 3.63) is 10.7 Å². The maximum absolute atomic E-state index is 11.6. The summed E-state index contributed by atoms with van der Waals surface area (Å²) in [6, 6.07) is 0. The molecule has 19 heavy (non-hydrogen) atoms. The molecule has 6 nitrogen and oxygen atoms in total. The molecule has 106 valence electrons. The number of hydrogen-bond donors (Lipinski definition) is 2. The lowest BCUT2D eigenvalue weighted by Crippen LogP contribution is -2.37. The van der Waals surface area contributed by atoms with Gasteiger partial charge in [-0.1, -0.05) is 6.92 Å². The Hall–Kier alpha value is -1.37. The predicted molar refractivity (Wildman–Crippen MR) is 80.5 cm³/mol. The number of nitrogens with zero attached hydrogens (tertiary/aromatic N) is 3. The van der Waals surface area contributed by atoms with Gasteiger partial charge in [0.05, 0.1) is 11.0 Å². The molecule has 0 saturated heterocycles. The van der Waals surface area contributed by atoms with E-state index in [0.717, 1.165) is 29.8 Å². The van der Waals surface area contributed by atoms with E-state index in [9.17, 15) is 4.79 Å². The van der Waals surface area contributed by atoms with Crippen LogP contribution in [-0.2, 0) is 4.79 Å². The Morgan fingerprint density at radius 2 is 2.21 bits per heavy atom. The Morgan fingerprint density at radius 3 is 2.79 bits per heavy atom. The topological polar surface area (TPSA) is 70.2 Å².